The van der Waals surface area contributed by atoms with Gasteiger partial charge in [-0.25, -0.2) is 14.5 Å². The molecule has 0 unspecified atom stereocenters. The second kappa shape index (κ2) is 6.68. The third kappa shape index (κ3) is 3.31. The summed E-state index contributed by atoms with van der Waals surface area (Å²) in [5.74, 6) is -2.33. The number of hydrogen-bond acceptors (Lipinski definition) is 4. The molecule has 142 valence electrons. The maximum atomic E-state index is 12.4. The molecule has 0 aliphatic rings. The van der Waals surface area contributed by atoms with Crippen molar-refractivity contribution in [2.45, 2.75) is 6.18 Å². The smallest absolute Gasteiger partial charge is 0.326 e. The zero-order chi connectivity index (χ0) is 19.9. The molecule has 0 amide bonds. The highest BCUT2D eigenvalue weighted by molar-refractivity contribution is 6.30. The lowest BCUT2D eigenvalue weighted by Gasteiger charge is -2.08. The lowest BCUT2D eigenvalue weighted by atomic mass is 10.2. The normalized spacial score (nSPS) is 11.7. The lowest BCUT2D eigenvalue weighted by molar-refractivity contribution is -0.199. The highest BCUT2D eigenvalue weighted by Crippen LogP contribution is 2.25. The van der Waals surface area contributed by atoms with Crippen LogP contribution in [0.25, 0.3) is 28.0 Å². The summed E-state index contributed by atoms with van der Waals surface area (Å²) in [6.45, 7) is 0. The fraction of sp³-hybridized carbons (Fsp3) is 0.0556. The topological polar surface area (TPSA) is 61.9 Å². The average molecular weight is 407 g/mol. The summed E-state index contributed by atoms with van der Waals surface area (Å²) in [6.07, 6.45) is -0.824. The maximum absolute atomic E-state index is 12.4. The van der Waals surface area contributed by atoms with Gasteiger partial charge in [0.1, 0.15) is 0 Å². The van der Waals surface area contributed by atoms with Crippen molar-refractivity contribution in [2.75, 3.05) is 0 Å². The fourth-order valence-corrected chi connectivity index (χ4v) is 2.77. The van der Waals surface area contributed by atoms with Gasteiger partial charge in [0.05, 0.1) is 11.4 Å². The van der Waals surface area contributed by atoms with E-state index in [0.29, 0.717) is 26.5 Å². The van der Waals surface area contributed by atoms with Gasteiger partial charge < -0.3 is 4.84 Å². The summed E-state index contributed by atoms with van der Waals surface area (Å²) >= 11 is 5.89. The van der Waals surface area contributed by atoms with E-state index in [1.165, 1.54) is 18.5 Å². The number of alkyl halides is 3. The Labute approximate surface area is 160 Å². The molecule has 0 radical (unpaired) electrons. The summed E-state index contributed by atoms with van der Waals surface area (Å²) in [6, 6.07) is 12.1. The molecular formula is C18H10ClF3N4O2. The van der Waals surface area contributed by atoms with Crippen LogP contribution >= 0.6 is 11.6 Å². The first-order valence-corrected chi connectivity index (χ1v) is 8.28. The Morgan fingerprint density at radius 1 is 1.04 bits per heavy atom. The molecular weight excluding hydrogens is 397 g/mol. The van der Waals surface area contributed by atoms with Crippen LogP contribution in [0.2, 0.25) is 5.02 Å². The van der Waals surface area contributed by atoms with Gasteiger partial charge in [-0.3, -0.25) is 0 Å². The third-order valence-corrected chi connectivity index (χ3v) is 4.17. The minimum absolute atomic E-state index is 0.0543. The number of hydrogen-bond donors (Lipinski definition) is 0. The second-order valence-electron chi connectivity index (χ2n) is 5.74. The Bertz CT molecular complexity index is 1170. The quantitative estimate of drug-likeness (QED) is 0.515. The molecule has 0 saturated heterocycles. The van der Waals surface area contributed by atoms with Gasteiger partial charge in [0.25, 0.3) is 0 Å². The van der Waals surface area contributed by atoms with Crippen LogP contribution in [0.1, 0.15) is 0 Å². The summed E-state index contributed by atoms with van der Waals surface area (Å²) in [5.41, 5.74) is 2.15. The van der Waals surface area contributed by atoms with Crippen molar-refractivity contribution in [3.05, 3.63) is 66.1 Å². The van der Waals surface area contributed by atoms with Crippen molar-refractivity contribution < 1.29 is 22.8 Å². The first kappa shape index (κ1) is 18.1. The molecule has 0 saturated carbocycles. The lowest BCUT2D eigenvalue weighted by Crippen LogP contribution is -2.33. The van der Waals surface area contributed by atoms with Gasteiger partial charge in [-0.1, -0.05) is 23.7 Å². The number of fused-ring (bicyclic) bond motifs is 1. The van der Waals surface area contributed by atoms with Crippen molar-refractivity contribution >= 4 is 28.6 Å². The monoisotopic (exact) mass is 406 g/mol. The molecule has 0 fully saturated rings. The number of aromatic nitrogens is 4. The number of benzene rings is 1. The number of nitrogens with zero attached hydrogens (tertiary/aromatic N) is 4. The highest BCUT2D eigenvalue weighted by atomic mass is 35.5. The molecule has 0 aliphatic carbocycles. The van der Waals surface area contributed by atoms with Crippen molar-refractivity contribution in [3.8, 4) is 16.9 Å². The maximum Gasteiger partial charge on any atom is 0.493 e. The van der Waals surface area contributed by atoms with Crippen LogP contribution in [-0.4, -0.2) is 31.6 Å². The van der Waals surface area contributed by atoms with Crippen LogP contribution in [0.3, 0.4) is 0 Å². The van der Waals surface area contributed by atoms with Gasteiger partial charge >= 0.3 is 12.1 Å². The van der Waals surface area contributed by atoms with Crippen molar-refractivity contribution in [3.63, 3.8) is 0 Å². The zero-order valence-corrected chi connectivity index (χ0v) is 14.6. The van der Waals surface area contributed by atoms with Gasteiger partial charge in [0, 0.05) is 34.6 Å². The van der Waals surface area contributed by atoms with E-state index in [0.717, 1.165) is 5.56 Å². The van der Waals surface area contributed by atoms with E-state index >= 15 is 0 Å². The van der Waals surface area contributed by atoms with Gasteiger partial charge in [-0.15, -0.1) is 0 Å². The molecule has 0 spiro atoms. The van der Waals surface area contributed by atoms with Gasteiger partial charge in [-0.2, -0.15) is 23.0 Å². The largest absolute Gasteiger partial charge is 0.493 e. The Hall–Kier alpha value is -3.33. The van der Waals surface area contributed by atoms with E-state index in [4.69, 9.17) is 11.6 Å². The predicted octanol–water partition coefficient (Wildman–Crippen LogP) is 4.06. The predicted molar refractivity (Wildman–Crippen MR) is 94.9 cm³/mol. The minimum Gasteiger partial charge on any atom is -0.326 e. The van der Waals surface area contributed by atoms with E-state index in [1.54, 1.807) is 35.1 Å². The van der Waals surface area contributed by atoms with E-state index in [2.05, 4.69) is 14.9 Å². The molecule has 28 heavy (non-hydrogen) atoms. The summed E-state index contributed by atoms with van der Waals surface area (Å²) < 4.78 is 39.6. The number of halogens is 4. The van der Waals surface area contributed by atoms with Crippen LogP contribution in [0.5, 0.6) is 0 Å². The zero-order valence-electron chi connectivity index (χ0n) is 13.9. The van der Waals surface area contributed by atoms with Crippen molar-refractivity contribution in [2.24, 2.45) is 0 Å². The SMILES string of the molecule is O=C(On1ccc2c(-n3ccc(-c4ccc(Cl)cc4)n3)ccnc21)C(F)(F)F. The molecule has 6 nitrogen and oxygen atoms in total. The standard InChI is InChI=1S/C18H10ClF3N4O2/c19-12-3-1-11(2-4-12)14-7-9-25(24-14)15-5-8-23-16-13(15)6-10-26(16)28-17(27)18(20,21)22/h1-10H. The van der Waals surface area contributed by atoms with Gasteiger partial charge in [-0.05, 0) is 30.3 Å². The highest BCUT2D eigenvalue weighted by Gasteiger charge is 2.42. The van der Waals surface area contributed by atoms with E-state index in [9.17, 15) is 18.0 Å². The van der Waals surface area contributed by atoms with Crippen LogP contribution < -0.4 is 4.84 Å². The summed E-state index contributed by atoms with van der Waals surface area (Å²) in [5, 5.41) is 5.56. The summed E-state index contributed by atoms with van der Waals surface area (Å²) in [7, 11) is 0. The number of rotatable bonds is 3. The number of carbonyl (C=O) groups is 1. The molecule has 10 heteroatoms. The third-order valence-electron chi connectivity index (χ3n) is 3.92. The van der Waals surface area contributed by atoms with Crippen molar-refractivity contribution in [1.29, 1.82) is 0 Å². The van der Waals surface area contributed by atoms with E-state index in [-0.39, 0.29) is 5.65 Å². The first-order chi connectivity index (χ1) is 13.3. The van der Waals surface area contributed by atoms with Gasteiger partial charge in [0.2, 0.25) is 0 Å². The number of carbonyl (C=O) groups excluding carboxylic acids is 1. The number of pyridine rings is 1. The average Bonchev–Trinajstić information content (AvgIpc) is 3.29. The Morgan fingerprint density at radius 3 is 2.50 bits per heavy atom. The Morgan fingerprint density at radius 2 is 1.79 bits per heavy atom. The fourth-order valence-electron chi connectivity index (χ4n) is 2.65. The Balaban J connectivity index is 1.70. The molecule has 3 heterocycles. The van der Waals surface area contributed by atoms with Crippen molar-refractivity contribution in [1.82, 2.24) is 19.5 Å². The molecule has 0 bridgehead atoms. The summed E-state index contributed by atoms with van der Waals surface area (Å²) in [4.78, 5) is 19.4. The van der Waals surface area contributed by atoms with Crippen LogP contribution in [0, 0.1) is 0 Å². The second-order valence-corrected chi connectivity index (χ2v) is 6.17. The molecule has 3 aromatic heterocycles. The molecule has 4 rings (SSSR count). The van der Waals surface area contributed by atoms with Gasteiger partial charge in [0.15, 0.2) is 5.65 Å². The van der Waals surface area contributed by atoms with Crippen LogP contribution in [-0.2, 0) is 4.79 Å². The molecule has 0 atom stereocenters. The van der Waals surface area contributed by atoms with Crippen LogP contribution in [0.4, 0.5) is 13.2 Å². The van der Waals surface area contributed by atoms with E-state index in [1.807, 2.05) is 12.1 Å². The molecule has 0 aliphatic heterocycles. The minimum atomic E-state index is -5.11. The van der Waals surface area contributed by atoms with Crippen LogP contribution in [0.15, 0.2) is 61.1 Å². The molecule has 1 aromatic carbocycles. The first-order valence-electron chi connectivity index (χ1n) is 7.90. The Kier molecular flexibility index (Phi) is 4.31. The van der Waals surface area contributed by atoms with E-state index < -0.39 is 12.1 Å². The molecule has 4 aromatic rings. The molecule has 0 N–H and O–H groups in total.